The predicted octanol–water partition coefficient (Wildman–Crippen LogP) is -3.06. The van der Waals surface area contributed by atoms with Gasteiger partial charge in [-0.05, 0) is 5.92 Å². The minimum absolute atomic E-state index is 0.0263. The lowest BCUT2D eigenvalue weighted by atomic mass is 9.97. The highest BCUT2D eigenvalue weighted by Crippen LogP contribution is 2.30. The number of ether oxygens (including phenoxy) is 1. The number of carboxylic acids is 1. The van der Waals surface area contributed by atoms with Crippen molar-refractivity contribution in [1.82, 2.24) is 20.6 Å². The standard InChI is InChI=1S/C17H28N4O8/c1-8(2)12(21-17(6-23)14(25)13(24)11(5-22)29-17)15(26)20-10(16(27)28)3-9-4-18-7-19-9/h4,7-8,10-14,21-25H,3,5-6H2,1-2H3,(H,18,19)(H,20,26)(H,27,28)/t10?,11-,12?,13-,14+,17+/m1/s1. The van der Waals surface area contributed by atoms with Crippen LogP contribution in [-0.4, -0.2) is 96.7 Å². The Labute approximate surface area is 166 Å². The summed E-state index contributed by atoms with van der Waals surface area (Å²) in [6.07, 6.45) is -1.46. The first-order chi connectivity index (χ1) is 13.6. The van der Waals surface area contributed by atoms with Gasteiger partial charge in [0.2, 0.25) is 5.91 Å². The number of hydrogen-bond acceptors (Lipinski definition) is 9. The normalized spacial score (nSPS) is 29.0. The summed E-state index contributed by atoms with van der Waals surface area (Å²) in [5, 5.41) is 54.0. The molecule has 0 spiro atoms. The third-order valence-corrected chi connectivity index (χ3v) is 4.90. The highest BCUT2D eigenvalue weighted by Gasteiger charge is 2.55. The van der Waals surface area contributed by atoms with Crippen LogP contribution in [0.1, 0.15) is 19.5 Å². The molecule has 1 aliphatic heterocycles. The first-order valence-corrected chi connectivity index (χ1v) is 9.19. The molecule has 1 aromatic rings. The van der Waals surface area contributed by atoms with Gasteiger partial charge in [0.1, 0.15) is 24.4 Å². The van der Waals surface area contributed by atoms with Crippen molar-refractivity contribution in [3.8, 4) is 0 Å². The zero-order valence-electron chi connectivity index (χ0n) is 16.1. The second-order valence-corrected chi connectivity index (χ2v) is 7.37. The second-order valence-electron chi connectivity index (χ2n) is 7.37. The SMILES string of the molecule is CC(C)C(N[C@@]1(CO)O[C@H](CO)[C@@H](O)[C@@H]1O)C(=O)NC(Cc1cnc[nH]1)C(=O)O. The molecule has 0 aromatic carbocycles. The maximum atomic E-state index is 12.8. The van der Waals surface area contributed by atoms with Gasteiger partial charge in [0, 0.05) is 18.3 Å². The van der Waals surface area contributed by atoms with Gasteiger partial charge in [-0.3, -0.25) is 10.1 Å². The quantitative estimate of drug-likeness (QED) is 0.194. The average molecular weight is 416 g/mol. The summed E-state index contributed by atoms with van der Waals surface area (Å²) in [4.78, 5) is 31.0. The maximum absolute atomic E-state index is 12.8. The summed E-state index contributed by atoms with van der Waals surface area (Å²) >= 11 is 0. The molecule has 164 valence electrons. The van der Waals surface area contributed by atoms with Crippen molar-refractivity contribution >= 4 is 11.9 Å². The van der Waals surface area contributed by atoms with Gasteiger partial charge < -0.3 is 40.6 Å². The van der Waals surface area contributed by atoms with Crippen LogP contribution in [0.4, 0.5) is 0 Å². The van der Waals surface area contributed by atoms with Crippen molar-refractivity contribution in [2.75, 3.05) is 13.2 Å². The minimum atomic E-state index is -1.90. The Morgan fingerprint density at radius 1 is 1.34 bits per heavy atom. The number of nitrogens with zero attached hydrogens (tertiary/aromatic N) is 1. The molecule has 2 rings (SSSR count). The summed E-state index contributed by atoms with van der Waals surface area (Å²) < 4.78 is 5.42. The number of amides is 1. The molecular formula is C17H28N4O8. The Morgan fingerprint density at radius 2 is 2.03 bits per heavy atom. The van der Waals surface area contributed by atoms with E-state index in [1.165, 1.54) is 12.5 Å². The molecule has 8 N–H and O–H groups in total. The van der Waals surface area contributed by atoms with E-state index in [1.807, 2.05) is 0 Å². The number of aliphatic hydroxyl groups is 4. The van der Waals surface area contributed by atoms with Crippen molar-refractivity contribution in [3.05, 3.63) is 18.2 Å². The van der Waals surface area contributed by atoms with Crippen LogP contribution in [-0.2, 0) is 20.7 Å². The lowest BCUT2D eigenvalue weighted by Crippen LogP contribution is -2.65. The van der Waals surface area contributed by atoms with Crippen molar-refractivity contribution in [3.63, 3.8) is 0 Å². The van der Waals surface area contributed by atoms with E-state index < -0.39 is 67.1 Å². The molecule has 12 nitrogen and oxygen atoms in total. The van der Waals surface area contributed by atoms with Gasteiger partial charge in [0.05, 0.1) is 25.6 Å². The fourth-order valence-corrected chi connectivity index (χ4v) is 3.21. The maximum Gasteiger partial charge on any atom is 0.326 e. The van der Waals surface area contributed by atoms with Gasteiger partial charge in [-0.25, -0.2) is 9.78 Å². The van der Waals surface area contributed by atoms with Crippen LogP contribution in [0.15, 0.2) is 12.5 Å². The largest absolute Gasteiger partial charge is 0.480 e. The number of carbonyl (C=O) groups is 2. The number of rotatable bonds is 10. The van der Waals surface area contributed by atoms with Crippen molar-refractivity contribution < 1.29 is 39.9 Å². The fraction of sp³-hybridized carbons (Fsp3) is 0.706. The van der Waals surface area contributed by atoms with E-state index in [1.54, 1.807) is 13.8 Å². The zero-order chi connectivity index (χ0) is 21.8. The van der Waals surface area contributed by atoms with Crippen molar-refractivity contribution in [2.24, 2.45) is 5.92 Å². The predicted molar refractivity (Wildman–Crippen MR) is 97.4 cm³/mol. The molecule has 29 heavy (non-hydrogen) atoms. The molecule has 6 atom stereocenters. The first-order valence-electron chi connectivity index (χ1n) is 9.19. The number of hydrogen-bond donors (Lipinski definition) is 8. The third-order valence-electron chi connectivity index (χ3n) is 4.90. The number of aliphatic hydroxyl groups excluding tert-OH is 4. The smallest absolute Gasteiger partial charge is 0.326 e. The first kappa shape index (κ1) is 23.2. The summed E-state index contributed by atoms with van der Waals surface area (Å²) in [5.41, 5.74) is -1.39. The number of carboxylic acid groups (broad SMARTS) is 1. The Morgan fingerprint density at radius 3 is 2.48 bits per heavy atom. The highest BCUT2D eigenvalue weighted by atomic mass is 16.6. The Hall–Kier alpha value is -2.09. The number of nitrogens with one attached hydrogen (secondary N) is 3. The molecule has 2 heterocycles. The van der Waals surface area contributed by atoms with Crippen molar-refractivity contribution in [1.29, 1.82) is 0 Å². The van der Waals surface area contributed by atoms with E-state index in [0.717, 1.165) is 0 Å². The molecular weight excluding hydrogens is 388 g/mol. The molecule has 1 fully saturated rings. The molecule has 0 radical (unpaired) electrons. The highest BCUT2D eigenvalue weighted by molar-refractivity contribution is 5.87. The number of imidazole rings is 1. The zero-order valence-corrected chi connectivity index (χ0v) is 16.1. The summed E-state index contributed by atoms with van der Waals surface area (Å²) in [6.45, 7) is 1.95. The van der Waals surface area contributed by atoms with E-state index >= 15 is 0 Å². The van der Waals surface area contributed by atoms with Gasteiger partial charge in [-0.15, -0.1) is 0 Å². The summed E-state index contributed by atoms with van der Waals surface area (Å²) in [7, 11) is 0. The summed E-state index contributed by atoms with van der Waals surface area (Å²) in [6, 6.07) is -2.33. The van der Waals surface area contributed by atoms with E-state index in [2.05, 4.69) is 20.6 Å². The Balaban J connectivity index is 2.17. The number of aromatic nitrogens is 2. The third kappa shape index (κ3) is 5.10. The number of aliphatic carboxylic acids is 1. The number of aromatic amines is 1. The topological polar surface area (TPSA) is 197 Å². The Bertz CT molecular complexity index is 685. The number of carbonyl (C=O) groups excluding carboxylic acids is 1. The van der Waals surface area contributed by atoms with Crippen LogP contribution in [0.5, 0.6) is 0 Å². The fourth-order valence-electron chi connectivity index (χ4n) is 3.21. The molecule has 0 aliphatic carbocycles. The van der Waals surface area contributed by atoms with E-state index in [0.29, 0.717) is 5.69 Å². The van der Waals surface area contributed by atoms with E-state index in [9.17, 15) is 35.1 Å². The molecule has 1 amide bonds. The molecule has 12 heteroatoms. The number of H-pyrrole nitrogens is 1. The lowest BCUT2D eigenvalue weighted by Gasteiger charge is -2.36. The van der Waals surface area contributed by atoms with Crippen molar-refractivity contribution in [2.45, 2.75) is 56.4 Å². The van der Waals surface area contributed by atoms with Gasteiger partial charge in [0.15, 0.2) is 5.72 Å². The van der Waals surface area contributed by atoms with Gasteiger partial charge in [0.25, 0.3) is 0 Å². The van der Waals surface area contributed by atoms with Crippen LogP contribution in [0.25, 0.3) is 0 Å². The second kappa shape index (κ2) is 9.61. The Kier molecular flexibility index (Phi) is 7.68. The summed E-state index contributed by atoms with van der Waals surface area (Å²) in [5.74, 6) is -2.35. The lowest BCUT2D eigenvalue weighted by molar-refractivity contribution is -0.154. The van der Waals surface area contributed by atoms with Gasteiger partial charge in [-0.2, -0.15) is 0 Å². The molecule has 1 aliphatic rings. The van der Waals surface area contributed by atoms with E-state index in [-0.39, 0.29) is 6.42 Å². The van der Waals surface area contributed by atoms with Gasteiger partial charge in [-0.1, -0.05) is 13.8 Å². The van der Waals surface area contributed by atoms with Crippen LogP contribution < -0.4 is 10.6 Å². The average Bonchev–Trinajstić information content (AvgIpc) is 3.27. The molecule has 2 unspecified atom stereocenters. The molecule has 1 aromatic heterocycles. The minimum Gasteiger partial charge on any atom is -0.480 e. The molecule has 0 saturated carbocycles. The van der Waals surface area contributed by atoms with Crippen LogP contribution in [0.3, 0.4) is 0 Å². The van der Waals surface area contributed by atoms with Gasteiger partial charge >= 0.3 is 5.97 Å². The monoisotopic (exact) mass is 416 g/mol. The van der Waals surface area contributed by atoms with Crippen LogP contribution in [0.2, 0.25) is 0 Å². The molecule has 0 bridgehead atoms. The van der Waals surface area contributed by atoms with Crippen LogP contribution in [0, 0.1) is 5.92 Å². The van der Waals surface area contributed by atoms with E-state index in [4.69, 9.17) is 4.74 Å². The molecule has 1 saturated heterocycles. The van der Waals surface area contributed by atoms with Crippen LogP contribution >= 0.6 is 0 Å².